The molecule has 1 atom stereocenters. The molecule has 0 aromatic carbocycles. The van der Waals surface area contributed by atoms with E-state index in [1.165, 1.54) is 4.88 Å². The van der Waals surface area contributed by atoms with Gasteiger partial charge in [0.05, 0.1) is 19.3 Å². The number of hydrogen-bond donors (Lipinski definition) is 1. The molecule has 2 saturated heterocycles. The van der Waals surface area contributed by atoms with Gasteiger partial charge in [-0.15, -0.1) is 11.3 Å². The Morgan fingerprint density at radius 3 is 2.87 bits per heavy atom. The Labute approximate surface area is 142 Å². The highest BCUT2D eigenvalue weighted by Gasteiger charge is 2.33. The van der Waals surface area contributed by atoms with Crippen molar-refractivity contribution in [2.45, 2.75) is 38.3 Å². The maximum atomic E-state index is 12.7. The normalized spacial score (nSPS) is 23.2. The second kappa shape index (κ2) is 7.20. The quantitative estimate of drug-likeness (QED) is 0.919. The molecule has 0 aliphatic carbocycles. The molecule has 1 aromatic heterocycles. The highest BCUT2D eigenvalue weighted by molar-refractivity contribution is 7.10. The van der Waals surface area contributed by atoms with E-state index in [0.717, 1.165) is 45.7 Å². The van der Waals surface area contributed by atoms with E-state index in [2.05, 4.69) is 41.6 Å². The van der Waals surface area contributed by atoms with Gasteiger partial charge in [-0.2, -0.15) is 0 Å². The van der Waals surface area contributed by atoms with Gasteiger partial charge in [-0.3, -0.25) is 4.90 Å². The summed E-state index contributed by atoms with van der Waals surface area (Å²) < 4.78 is 5.42. The molecule has 2 amide bonds. The Bertz CT molecular complexity index is 512. The molecule has 0 radical (unpaired) electrons. The summed E-state index contributed by atoms with van der Waals surface area (Å²) in [5.74, 6) is 0. The molecule has 3 rings (SSSR count). The van der Waals surface area contributed by atoms with Crippen molar-refractivity contribution < 1.29 is 9.53 Å². The minimum Gasteiger partial charge on any atom is -0.379 e. The summed E-state index contributed by atoms with van der Waals surface area (Å²) in [6.07, 6.45) is 2.16. The molecule has 5 nitrogen and oxygen atoms in total. The maximum Gasteiger partial charge on any atom is 0.318 e. The fourth-order valence-electron chi connectivity index (χ4n) is 3.46. The minimum absolute atomic E-state index is 0.0441. The van der Waals surface area contributed by atoms with E-state index in [4.69, 9.17) is 4.74 Å². The number of rotatable bonds is 4. The maximum absolute atomic E-state index is 12.7. The highest BCUT2D eigenvalue weighted by Crippen LogP contribution is 2.34. The molecular weight excluding hydrogens is 310 g/mol. The lowest BCUT2D eigenvalue weighted by Crippen LogP contribution is -2.56. The number of hydrogen-bond acceptors (Lipinski definition) is 4. The number of morpholine rings is 1. The average Bonchev–Trinajstić information content (AvgIpc) is 3.24. The van der Waals surface area contributed by atoms with Crippen LogP contribution in [0.15, 0.2) is 17.5 Å². The molecule has 6 heteroatoms. The molecule has 0 saturated carbocycles. The van der Waals surface area contributed by atoms with Gasteiger partial charge in [-0.05, 0) is 38.1 Å². The summed E-state index contributed by atoms with van der Waals surface area (Å²) in [6.45, 7) is 9.34. The van der Waals surface area contributed by atoms with Crippen molar-refractivity contribution in [1.82, 2.24) is 15.1 Å². The predicted molar refractivity (Wildman–Crippen MR) is 92.9 cm³/mol. The standard InChI is InChI=1S/C17H27N3O2S/c1-17(2,19-8-10-22-11-9-19)13-18-16(21)20-7-3-5-14(20)15-6-4-12-23-15/h4,6,12,14H,3,5,7-11,13H2,1-2H3,(H,18,21)/t14-/m1/s1. The first-order chi connectivity index (χ1) is 11.1. The molecule has 23 heavy (non-hydrogen) atoms. The number of nitrogens with zero attached hydrogens (tertiary/aromatic N) is 2. The number of amides is 2. The summed E-state index contributed by atoms with van der Waals surface area (Å²) in [4.78, 5) is 18.4. The monoisotopic (exact) mass is 337 g/mol. The molecule has 0 spiro atoms. The molecule has 0 bridgehead atoms. The highest BCUT2D eigenvalue weighted by atomic mass is 32.1. The molecular formula is C17H27N3O2S. The zero-order valence-corrected chi connectivity index (χ0v) is 14.9. The van der Waals surface area contributed by atoms with Crippen molar-refractivity contribution in [3.05, 3.63) is 22.4 Å². The predicted octanol–water partition coefficient (Wildman–Crippen LogP) is 2.71. The van der Waals surface area contributed by atoms with Gasteiger partial charge < -0.3 is 15.0 Å². The van der Waals surface area contributed by atoms with Gasteiger partial charge in [0.2, 0.25) is 0 Å². The van der Waals surface area contributed by atoms with Crippen LogP contribution in [0.2, 0.25) is 0 Å². The Kier molecular flexibility index (Phi) is 5.24. The molecule has 3 heterocycles. The fourth-order valence-corrected chi connectivity index (χ4v) is 4.33. The number of thiophene rings is 1. The van der Waals surface area contributed by atoms with E-state index in [1.54, 1.807) is 11.3 Å². The lowest BCUT2D eigenvalue weighted by Gasteiger charge is -2.41. The second-order valence-electron chi connectivity index (χ2n) is 6.94. The first-order valence-electron chi connectivity index (χ1n) is 8.48. The third-order valence-corrected chi connectivity index (χ3v) is 5.90. The zero-order chi connectivity index (χ0) is 16.3. The number of nitrogens with one attached hydrogen (secondary N) is 1. The summed E-state index contributed by atoms with van der Waals surface area (Å²) in [7, 11) is 0. The van der Waals surface area contributed by atoms with E-state index in [0.29, 0.717) is 6.54 Å². The summed E-state index contributed by atoms with van der Waals surface area (Å²) in [5, 5.41) is 5.25. The van der Waals surface area contributed by atoms with E-state index in [9.17, 15) is 4.79 Å². The number of ether oxygens (including phenoxy) is 1. The number of likely N-dealkylation sites (tertiary alicyclic amines) is 1. The largest absolute Gasteiger partial charge is 0.379 e. The van der Waals surface area contributed by atoms with Crippen LogP contribution in [0.25, 0.3) is 0 Å². The van der Waals surface area contributed by atoms with Crippen molar-refractivity contribution in [1.29, 1.82) is 0 Å². The third-order valence-electron chi connectivity index (χ3n) is 4.92. The van der Waals surface area contributed by atoms with Crippen LogP contribution >= 0.6 is 11.3 Å². The molecule has 2 aliphatic heterocycles. The minimum atomic E-state index is -0.0441. The van der Waals surface area contributed by atoms with Crippen LogP contribution in [0.5, 0.6) is 0 Å². The summed E-state index contributed by atoms with van der Waals surface area (Å²) in [5.41, 5.74) is -0.0441. The Balaban J connectivity index is 1.56. The van der Waals surface area contributed by atoms with Crippen molar-refractivity contribution in [2.75, 3.05) is 39.4 Å². The lowest BCUT2D eigenvalue weighted by atomic mass is 10.0. The van der Waals surface area contributed by atoms with Crippen molar-refractivity contribution in [3.63, 3.8) is 0 Å². The Morgan fingerprint density at radius 1 is 1.39 bits per heavy atom. The zero-order valence-electron chi connectivity index (χ0n) is 14.1. The van der Waals surface area contributed by atoms with Gasteiger partial charge in [-0.25, -0.2) is 4.79 Å². The average molecular weight is 337 g/mol. The van der Waals surface area contributed by atoms with E-state index in [1.807, 2.05) is 4.90 Å². The first-order valence-corrected chi connectivity index (χ1v) is 9.36. The fraction of sp³-hybridized carbons (Fsp3) is 0.706. The Hall–Kier alpha value is -1.11. The van der Waals surface area contributed by atoms with Crippen LogP contribution in [-0.2, 0) is 4.74 Å². The molecule has 1 aromatic rings. The van der Waals surface area contributed by atoms with E-state index >= 15 is 0 Å². The van der Waals surface area contributed by atoms with Crippen LogP contribution in [0, 0.1) is 0 Å². The SMILES string of the molecule is CC(C)(CNC(=O)N1CCC[C@@H]1c1cccs1)N1CCOCC1. The lowest BCUT2D eigenvalue weighted by molar-refractivity contribution is -0.00907. The van der Waals surface area contributed by atoms with E-state index < -0.39 is 0 Å². The molecule has 1 N–H and O–H groups in total. The van der Waals surface area contributed by atoms with Gasteiger partial charge in [0.25, 0.3) is 0 Å². The van der Waals surface area contributed by atoms with Crippen LogP contribution < -0.4 is 5.32 Å². The van der Waals surface area contributed by atoms with Gasteiger partial charge in [0.1, 0.15) is 0 Å². The van der Waals surface area contributed by atoms with Gasteiger partial charge in [-0.1, -0.05) is 6.07 Å². The van der Waals surface area contributed by atoms with Crippen molar-refractivity contribution in [3.8, 4) is 0 Å². The van der Waals surface area contributed by atoms with E-state index in [-0.39, 0.29) is 17.6 Å². The van der Waals surface area contributed by atoms with Crippen LogP contribution in [-0.4, -0.2) is 60.8 Å². The van der Waals surface area contributed by atoms with Crippen molar-refractivity contribution >= 4 is 17.4 Å². The first kappa shape index (κ1) is 16.7. The topological polar surface area (TPSA) is 44.8 Å². The summed E-state index contributed by atoms with van der Waals surface area (Å²) in [6, 6.07) is 4.53. The van der Waals surface area contributed by atoms with Gasteiger partial charge in [0.15, 0.2) is 0 Å². The molecule has 2 aliphatic rings. The number of carbonyl (C=O) groups excluding carboxylic acids is 1. The molecule has 0 unspecified atom stereocenters. The van der Waals surface area contributed by atoms with Gasteiger partial charge >= 0.3 is 6.03 Å². The smallest absolute Gasteiger partial charge is 0.318 e. The number of carbonyl (C=O) groups is 1. The Morgan fingerprint density at radius 2 is 2.17 bits per heavy atom. The summed E-state index contributed by atoms with van der Waals surface area (Å²) >= 11 is 1.74. The van der Waals surface area contributed by atoms with Crippen molar-refractivity contribution in [2.24, 2.45) is 0 Å². The molecule has 2 fully saturated rings. The van der Waals surface area contributed by atoms with Crippen LogP contribution in [0.1, 0.15) is 37.6 Å². The number of urea groups is 1. The molecule has 128 valence electrons. The van der Waals surface area contributed by atoms with Crippen LogP contribution in [0.3, 0.4) is 0 Å². The third kappa shape index (κ3) is 3.87. The second-order valence-corrected chi connectivity index (χ2v) is 7.92. The van der Waals surface area contributed by atoms with Crippen LogP contribution in [0.4, 0.5) is 4.79 Å². The van der Waals surface area contributed by atoms with Gasteiger partial charge in [0, 0.05) is 36.6 Å².